The Morgan fingerprint density at radius 2 is 1.35 bits per heavy atom. The lowest BCUT2D eigenvalue weighted by atomic mass is 9.96. The molecule has 10 heteroatoms. The number of carbonyl (C=O) groups excluding carboxylic acids is 4. The van der Waals surface area contributed by atoms with E-state index in [1.54, 1.807) is 6.92 Å². The molecule has 0 bridgehead atoms. The highest BCUT2D eigenvalue weighted by Crippen LogP contribution is 2.31. The van der Waals surface area contributed by atoms with Gasteiger partial charge >= 0.3 is 23.9 Å². The first-order valence-corrected chi connectivity index (χ1v) is 8.05. The van der Waals surface area contributed by atoms with Gasteiger partial charge in [-0.3, -0.25) is 19.2 Å². The number of methoxy groups -OCH3 is 1. The lowest BCUT2D eigenvalue weighted by Crippen LogP contribution is -2.62. The molecule has 1 aliphatic rings. The minimum Gasteiger partial charge on any atom is -0.469 e. The fourth-order valence-electron chi connectivity index (χ4n) is 2.57. The van der Waals surface area contributed by atoms with E-state index >= 15 is 0 Å². The van der Waals surface area contributed by atoms with Gasteiger partial charge in [-0.05, 0) is 6.92 Å². The summed E-state index contributed by atoms with van der Waals surface area (Å²) in [5.74, 6) is -2.69. The van der Waals surface area contributed by atoms with E-state index in [0.29, 0.717) is 0 Å². The second-order valence-electron chi connectivity index (χ2n) is 5.50. The fraction of sp³-hybridized carbons (Fsp3) is 0.750. The largest absolute Gasteiger partial charge is 0.469 e. The van der Waals surface area contributed by atoms with Crippen molar-refractivity contribution >= 4 is 23.9 Å². The molecule has 10 nitrogen and oxygen atoms in total. The average molecular weight is 376 g/mol. The Kier molecular flexibility index (Phi) is 8.46. The van der Waals surface area contributed by atoms with Crippen LogP contribution < -0.4 is 0 Å². The molecule has 0 aromatic rings. The van der Waals surface area contributed by atoms with Crippen molar-refractivity contribution < 1.29 is 47.6 Å². The van der Waals surface area contributed by atoms with Crippen molar-refractivity contribution in [3.63, 3.8) is 0 Å². The molecule has 1 fully saturated rings. The van der Waals surface area contributed by atoms with Crippen LogP contribution >= 0.6 is 0 Å². The Labute approximate surface area is 151 Å². The zero-order valence-corrected chi connectivity index (χ0v) is 15.4. The van der Waals surface area contributed by atoms with Gasteiger partial charge in [0.2, 0.25) is 0 Å². The quantitative estimate of drug-likeness (QED) is 0.446. The smallest absolute Gasteiger partial charge is 0.308 e. The predicted molar refractivity (Wildman–Crippen MR) is 83.6 cm³/mol. The normalized spacial score (nSPS) is 28.0. The van der Waals surface area contributed by atoms with E-state index in [9.17, 15) is 19.2 Å². The summed E-state index contributed by atoms with van der Waals surface area (Å²) in [6, 6.07) is 0. The molecule has 148 valence electrons. The van der Waals surface area contributed by atoms with E-state index in [4.69, 9.17) is 23.7 Å². The lowest BCUT2D eigenvalue weighted by molar-refractivity contribution is -0.303. The van der Waals surface area contributed by atoms with Gasteiger partial charge in [-0.1, -0.05) is 0 Å². The number of esters is 4. The summed E-state index contributed by atoms with van der Waals surface area (Å²) in [5.41, 5.74) is 0. The van der Waals surface area contributed by atoms with Gasteiger partial charge in [-0.15, -0.1) is 0 Å². The molecule has 0 radical (unpaired) electrons. The van der Waals surface area contributed by atoms with E-state index in [1.165, 1.54) is 7.11 Å². The van der Waals surface area contributed by atoms with Gasteiger partial charge in [0.1, 0.15) is 6.10 Å². The molecule has 0 spiro atoms. The van der Waals surface area contributed by atoms with Crippen molar-refractivity contribution in [2.24, 2.45) is 0 Å². The minimum atomic E-state index is -1.22. The first kappa shape index (κ1) is 21.8. The van der Waals surface area contributed by atoms with Gasteiger partial charge in [0.15, 0.2) is 24.6 Å². The van der Waals surface area contributed by atoms with Crippen LogP contribution in [0.2, 0.25) is 0 Å². The predicted octanol–water partition coefficient (Wildman–Crippen LogP) is 0.106. The monoisotopic (exact) mass is 376 g/mol. The molecule has 0 aromatic carbocycles. The zero-order valence-electron chi connectivity index (χ0n) is 15.4. The molecule has 1 rings (SSSR count). The number of rotatable bonds is 7. The highest BCUT2D eigenvalue weighted by molar-refractivity contribution is 5.71. The van der Waals surface area contributed by atoms with Crippen LogP contribution in [0, 0.1) is 0 Å². The molecule has 0 N–H and O–H groups in total. The summed E-state index contributed by atoms with van der Waals surface area (Å²) >= 11 is 0. The number of hydrogen-bond acceptors (Lipinski definition) is 10. The molecule has 0 aromatic heterocycles. The minimum absolute atomic E-state index is 0.193. The van der Waals surface area contributed by atoms with E-state index < -0.39 is 54.6 Å². The Balaban J connectivity index is 3.26. The third kappa shape index (κ3) is 6.26. The molecule has 0 saturated carbocycles. The maximum Gasteiger partial charge on any atom is 0.308 e. The molecule has 5 atom stereocenters. The Morgan fingerprint density at radius 1 is 0.846 bits per heavy atom. The Morgan fingerprint density at radius 3 is 1.81 bits per heavy atom. The van der Waals surface area contributed by atoms with Crippen LogP contribution in [0.4, 0.5) is 0 Å². The summed E-state index contributed by atoms with van der Waals surface area (Å²) in [4.78, 5) is 46.2. The number of carbonyl (C=O) groups is 4. The Bertz CT molecular complexity index is 531. The van der Waals surface area contributed by atoms with Crippen LogP contribution in [0.15, 0.2) is 0 Å². The molecule has 0 aliphatic carbocycles. The molecule has 5 unspecified atom stereocenters. The maximum absolute atomic E-state index is 11.7. The van der Waals surface area contributed by atoms with Gasteiger partial charge in [-0.2, -0.15) is 0 Å². The molecular formula is C16H24O10. The van der Waals surface area contributed by atoms with Crippen LogP contribution in [-0.2, 0) is 47.6 Å². The van der Waals surface area contributed by atoms with Crippen LogP contribution in [0.5, 0.6) is 0 Å². The van der Waals surface area contributed by atoms with Gasteiger partial charge in [0, 0.05) is 27.4 Å². The summed E-state index contributed by atoms with van der Waals surface area (Å²) < 4.78 is 31.3. The van der Waals surface area contributed by atoms with E-state index in [-0.39, 0.29) is 13.0 Å². The van der Waals surface area contributed by atoms with E-state index in [0.717, 1.165) is 20.8 Å². The Hall–Kier alpha value is -2.20. The van der Waals surface area contributed by atoms with Crippen molar-refractivity contribution in [2.45, 2.75) is 64.8 Å². The van der Waals surface area contributed by atoms with Crippen molar-refractivity contribution in [3.8, 4) is 0 Å². The number of ether oxygens (including phenoxy) is 6. The summed E-state index contributed by atoms with van der Waals surface area (Å²) in [5, 5.41) is 0. The molecule has 26 heavy (non-hydrogen) atoms. The van der Waals surface area contributed by atoms with Crippen LogP contribution in [0.25, 0.3) is 0 Å². The molecule has 1 heterocycles. The topological polar surface area (TPSA) is 124 Å². The lowest BCUT2D eigenvalue weighted by Gasteiger charge is -2.44. The summed E-state index contributed by atoms with van der Waals surface area (Å²) in [7, 11) is 1.19. The summed E-state index contributed by atoms with van der Waals surface area (Å²) in [6.45, 7) is 5.34. The molecule has 1 saturated heterocycles. The first-order chi connectivity index (χ1) is 12.2. The zero-order chi connectivity index (χ0) is 19.9. The van der Waals surface area contributed by atoms with Crippen molar-refractivity contribution in [2.75, 3.05) is 13.7 Å². The fourth-order valence-corrected chi connectivity index (χ4v) is 2.57. The van der Waals surface area contributed by atoms with Crippen LogP contribution in [-0.4, -0.2) is 68.3 Å². The van der Waals surface area contributed by atoms with Gasteiger partial charge < -0.3 is 28.4 Å². The first-order valence-electron chi connectivity index (χ1n) is 8.05. The number of hydrogen-bond donors (Lipinski definition) is 0. The van der Waals surface area contributed by atoms with Crippen molar-refractivity contribution in [3.05, 3.63) is 0 Å². The van der Waals surface area contributed by atoms with E-state index in [2.05, 4.69) is 4.74 Å². The third-order valence-corrected chi connectivity index (χ3v) is 3.42. The molecule has 1 aliphatic heterocycles. The second kappa shape index (κ2) is 10.1. The second-order valence-corrected chi connectivity index (χ2v) is 5.50. The third-order valence-electron chi connectivity index (χ3n) is 3.42. The van der Waals surface area contributed by atoms with Gasteiger partial charge in [-0.25, -0.2) is 0 Å². The van der Waals surface area contributed by atoms with Crippen LogP contribution in [0.1, 0.15) is 34.1 Å². The molecular weight excluding hydrogens is 352 g/mol. The highest BCUT2D eigenvalue weighted by Gasteiger charge is 2.52. The van der Waals surface area contributed by atoms with Gasteiger partial charge in [0.05, 0.1) is 13.5 Å². The highest BCUT2D eigenvalue weighted by atomic mass is 16.7. The molecule has 0 amide bonds. The van der Waals surface area contributed by atoms with E-state index in [1.807, 2.05) is 0 Å². The summed E-state index contributed by atoms with van der Waals surface area (Å²) in [6.07, 6.45) is -6.05. The maximum atomic E-state index is 11.7. The SMILES string of the molecule is CCOC1OC(CC(=O)OC)C(OC(C)=O)C(OC(C)=O)C1OC(C)=O. The standard InChI is InChI=1S/C16H24O10/c1-6-22-16-15(25-10(4)19)14(24-9(3)18)13(23-8(2)17)11(26-16)7-12(20)21-5/h11,13-16H,6-7H2,1-5H3. The average Bonchev–Trinajstić information content (AvgIpc) is 2.53. The van der Waals surface area contributed by atoms with Crippen LogP contribution in [0.3, 0.4) is 0 Å². The van der Waals surface area contributed by atoms with Crippen molar-refractivity contribution in [1.82, 2.24) is 0 Å². The van der Waals surface area contributed by atoms with Crippen molar-refractivity contribution in [1.29, 1.82) is 0 Å². The van der Waals surface area contributed by atoms with Gasteiger partial charge in [0.25, 0.3) is 0 Å².